The van der Waals surface area contributed by atoms with Crippen LogP contribution in [0.2, 0.25) is 0 Å². The number of anilines is 1. The quantitative estimate of drug-likeness (QED) is 0.257. The van der Waals surface area contributed by atoms with E-state index in [1.165, 1.54) is 35.7 Å². The number of carbonyl (C=O) groups excluding carboxylic acids is 1. The lowest BCUT2D eigenvalue weighted by atomic mass is 9.97. The van der Waals surface area contributed by atoms with Gasteiger partial charge in [-0.25, -0.2) is 0 Å². The van der Waals surface area contributed by atoms with Gasteiger partial charge in [0.25, 0.3) is 5.91 Å². The SMILES string of the molecule is Cc1cccc(C)c1NCc1cn(CCC2CCCN(C(=O)c3cn(C)cc(-c4cccc(C(F)(F)F)c4)c3=O)CC2)nn1. The van der Waals surface area contributed by atoms with Gasteiger partial charge in [-0.05, 0) is 74.3 Å². The van der Waals surface area contributed by atoms with Gasteiger partial charge in [-0.2, -0.15) is 13.2 Å². The number of hydrogen-bond acceptors (Lipinski definition) is 5. The monoisotopic (exact) mass is 606 g/mol. The van der Waals surface area contributed by atoms with Crippen LogP contribution in [0.5, 0.6) is 0 Å². The van der Waals surface area contributed by atoms with Crippen LogP contribution in [0.1, 0.15) is 58.4 Å². The number of nitrogens with zero attached hydrogens (tertiary/aromatic N) is 5. The van der Waals surface area contributed by atoms with Gasteiger partial charge in [0.05, 0.1) is 18.3 Å². The first-order valence-electron chi connectivity index (χ1n) is 14.9. The van der Waals surface area contributed by atoms with Gasteiger partial charge in [0, 0.05) is 50.3 Å². The second-order valence-corrected chi connectivity index (χ2v) is 11.6. The zero-order valence-corrected chi connectivity index (χ0v) is 25.2. The average molecular weight is 607 g/mol. The molecule has 1 atom stereocenters. The van der Waals surface area contributed by atoms with E-state index in [2.05, 4.69) is 41.6 Å². The van der Waals surface area contributed by atoms with Gasteiger partial charge < -0.3 is 14.8 Å². The number of carbonyl (C=O) groups is 1. The molecule has 1 aliphatic heterocycles. The zero-order valence-electron chi connectivity index (χ0n) is 25.2. The normalized spacial score (nSPS) is 15.7. The van der Waals surface area contributed by atoms with Crippen LogP contribution in [-0.4, -0.2) is 43.5 Å². The van der Waals surface area contributed by atoms with E-state index in [1.54, 1.807) is 16.5 Å². The van der Waals surface area contributed by atoms with E-state index >= 15 is 0 Å². The standard InChI is InChI=1S/C33H37F3N6O2/c1-22-7-4-8-23(2)30(22)37-18-27-19-42(39-38-27)16-13-24-9-6-14-41(15-12-24)32(44)29-21-40(3)20-28(31(29)43)25-10-5-11-26(17-25)33(34,35)36/h4-5,7-8,10-11,17,19-21,24,37H,6,9,12-16,18H2,1-3H3. The van der Waals surface area contributed by atoms with Gasteiger partial charge in [0.2, 0.25) is 5.43 Å². The number of aromatic nitrogens is 4. The molecule has 0 aliphatic carbocycles. The Hall–Kier alpha value is -4.41. The molecule has 0 spiro atoms. The van der Waals surface area contributed by atoms with Crippen molar-refractivity contribution in [2.75, 3.05) is 18.4 Å². The average Bonchev–Trinajstić information content (AvgIpc) is 3.31. The van der Waals surface area contributed by atoms with Crippen molar-refractivity contribution in [2.24, 2.45) is 13.0 Å². The van der Waals surface area contributed by atoms with Crippen molar-refractivity contribution in [3.05, 3.63) is 99.2 Å². The molecule has 11 heteroatoms. The molecule has 1 N–H and O–H groups in total. The van der Waals surface area contributed by atoms with Crippen LogP contribution in [-0.2, 0) is 26.3 Å². The minimum absolute atomic E-state index is 0.0366. The van der Waals surface area contributed by atoms with Crippen LogP contribution in [0.3, 0.4) is 0 Å². The third-order valence-electron chi connectivity index (χ3n) is 8.30. The van der Waals surface area contributed by atoms with E-state index in [1.807, 2.05) is 16.9 Å². The molecular formula is C33H37F3N6O2. The van der Waals surface area contributed by atoms with Crippen LogP contribution in [0.4, 0.5) is 18.9 Å². The Morgan fingerprint density at radius 2 is 1.77 bits per heavy atom. The number of alkyl halides is 3. The smallest absolute Gasteiger partial charge is 0.379 e. The molecule has 2 aromatic heterocycles. The Morgan fingerprint density at radius 1 is 1.02 bits per heavy atom. The van der Waals surface area contributed by atoms with E-state index in [0.717, 1.165) is 49.2 Å². The highest BCUT2D eigenvalue weighted by Crippen LogP contribution is 2.31. The minimum Gasteiger partial charge on any atom is -0.379 e. The molecule has 0 saturated carbocycles. The van der Waals surface area contributed by atoms with Gasteiger partial charge >= 0.3 is 6.18 Å². The van der Waals surface area contributed by atoms with E-state index in [0.29, 0.717) is 32.1 Å². The number of benzene rings is 2. The Balaban J connectivity index is 1.19. The first-order chi connectivity index (χ1) is 21.0. The minimum atomic E-state index is -4.54. The molecule has 5 rings (SSSR count). The van der Waals surface area contributed by atoms with Crippen LogP contribution in [0.15, 0.2) is 65.8 Å². The van der Waals surface area contributed by atoms with Crippen LogP contribution in [0.25, 0.3) is 11.1 Å². The molecule has 4 aromatic rings. The Bertz CT molecular complexity index is 1670. The summed E-state index contributed by atoms with van der Waals surface area (Å²) in [6, 6.07) is 10.8. The molecule has 44 heavy (non-hydrogen) atoms. The predicted octanol–water partition coefficient (Wildman–Crippen LogP) is 6.22. The number of para-hydroxylation sites is 1. The fourth-order valence-corrected chi connectivity index (χ4v) is 5.87. The van der Waals surface area contributed by atoms with E-state index in [-0.39, 0.29) is 16.7 Å². The lowest BCUT2D eigenvalue weighted by molar-refractivity contribution is -0.137. The number of likely N-dealkylation sites (tertiary alicyclic amines) is 1. The molecule has 0 bridgehead atoms. The molecule has 1 aliphatic rings. The molecule has 1 fully saturated rings. The lowest BCUT2D eigenvalue weighted by Gasteiger charge is -2.21. The van der Waals surface area contributed by atoms with Gasteiger partial charge in [0.1, 0.15) is 11.3 Å². The predicted molar refractivity (Wildman–Crippen MR) is 163 cm³/mol. The zero-order chi connectivity index (χ0) is 31.4. The van der Waals surface area contributed by atoms with Crippen molar-refractivity contribution >= 4 is 11.6 Å². The summed E-state index contributed by atoms with van der Waals surface area (Å²) in [6.45, 7) is 6.47. The molecule has 2 aromatic carbocycles. The maximum atomic E-state index is 13.5. The molecule has 8 nitrogen and oxygen atoms in total. The third kappa shape index (κ3) is 7.20. The number of halogens is 3. The van der Waals surface area contributed by atoms with Crippen molar-refractivity contribution in [3.8, 4) is 11.1 Å². The lowest BCUT2D eigenvalue weighted by Crippen LogP contribution is -2.36. The first kappa shape index (κ1) is 31.0. The van der Waals surface area contributed by atoms with Crippen LogP contribution >= 0.6 is 0 Å². The van der Waals surface area contributed by atoms with Crippen molar-refractivity contribution in [2.45, 2.75) is 58.8 Å². The summed E-state index contributed by atoms with van der Waals surface area (Å²) in [5.41, 5.74) is 3.08. The second-order valence-electron chi connectivity index (χ2n) is 11.6. The van der Waals surface area contributed by atoms with Gasteiger partial charge in [-0.3, -0.25) is 14.3 Å². The maximum Gasteiger partial charge on any atom is 0.416 e. The number of hydrogen-bond donors (Lipinski definition) is 1. The Morgan fingerprint density at radius 3 is 2.52 bits per heavy atom. The summed E-state index contributed by atoms with van der Waals surface area (Å²) in [5, 5.41) is 12.1. The summed E-state index contributed by atoms with van der Waals surface area (Å²) in [5.74, 6) is -0.00940. The van der Waals surface area contributed by atoms with E-state index < -0.39 is 23.1 Å². The summed E-state index contributed by atoms with van der Waals surface area (Å²) in [6.07, 6.45) is 3.76. The summed E-state index contributed by atoms with van der Waals surface area (Å²) >= 11 is 0. The number of pyridine rings is 1. The number of rotatable bonds is 8. The van der Waals surface area contributed by atoms with Crippen molar-refractivity contribution in [1.29, 1.82) is 0 Å². The van der Waals surface area contributed by atoms with E-state index in [9.17, 15) is 22.8 Å². The van der Waals surface area contributed by atoms with Gasteiger partial charge in [0.15, 0.2) is 0 Å². The number of amides is 1. The highest BCUT2D eigenvalue weighted by molar-refractivity contribution is 5.95. The fourth-order valence-electron chi connectivity index (χ4n) is 5.87. The highest BCUT2D eigenvalue weighted by atomic mass is 19.4. The van der Waals surface area contributed by atoms with Crippen molar-refractivity contribution < 1.29 is 18.0 Å². The molecule has 1 amide bonds. The van der Waals surface area contributed by atoms with Gasteiger partial charge in [-0.15, -0.1) is 5.10 Å². The third-order valence-corrected chi connectivity index (χ3v) is 8.30. The Labute approximate surface area is 254 Å². The second kappa shape index (κ2) is 13.1. The number of nitrogens with one attached hydrogen (secondary N) is 1. The Kier molecular flexibility index (Phi) is 9.22. The first-order valence-corrected chi connectivity index (χ1v) is 14.9. The largest absolute Gasteiger partial charge is 0.416 e. The molecule has 1 unspecified atom stereocenters. The van der Waals surface area contributed by atoms with Gasteiger partial charge in [-0.1, -0.05) is 35.5 Å². The van der Waals surface area contributed by atoms with Crippen molar-refractivity contribution in [1.82, 2.24) is 24.5 Å². The van der Waals surface area contributed by atoms with Crippen LogP contribution < -0.4 is 10.7 Å². The summed E-state index contributed by atoms with van der Waals surface area (Å²) < 4.78 is 43.3. The topological polar surface area (TPSA) is 85.0 Å². The van der Waals surface area contributed by atoms with Crippen LogP contribution in [0, 0.1) is 19.8 Å². The highest BCUT2D eigenvalue weighted by Gasteiger charge is 2.31. The van der Waals surface area contributed by atoms with E-state index in [4.69, 9.17) is 0 Å². The number of aryl methyl sites for hydroxylation is 4. The molecular weight excluding hydrogens is 569 g/mol. The van der Waals surface area contributed by atoms with Crippen molar-refractivity contribution in [3.63, 3.8) is 0 Å². The molecule has 3 heterocycles. The molecule has 1 saturated heterocycles. The molecule has 0 radical (unpaired) electrons. The maximum absolute atomic E-state index is 13.5. The summed E-state index contributed by atoms with van der Waals surface area (Å²) in [7, 11) is 1.65. The molecule has 232 valence electrons. The summed E-state index contributed by atoms with van der Waals surface area (Å²) in [4.78, 5) is 28.6. The fraction of sp³-hybridized carbons (Fsp3) is 0.394.